The maximum absolute atomic E-state index is 14.2. The maximum atomic E-state index is 14.2. The van der Waals surface area contributed by atoms with E-state index in [9.17, 15) is 18.4 Å². The third kappa shape index (κ3) is 4.28. The number of likely N-dealkylation sites (tertiary alicyclic amines) is 1. The standard InChI is InChI=1S/C14H21F2NO3/c1-3-4-5-8-12(20-11(2)18)14(15,16)13(19)17-9-6-7-10-17/h5,8,12H,3-4,6-7,9-10H2,1-2H3/b8-5+. The van der Waals surface area contributed by atoms with E-state index < -0.39 is 23.9 Å². The predicted molar refractivity (Wildman–Crippen MR) is 70.4 cm³/mol. The quantitative estimate of drug-likeness (QED) is 0.557. The molecule has 0 aromatic rings. The highest BCUT2D eigenvalue weighted by atomic mass is 19.3. The molecule has 0 spiro atoms. The Morgan fingerprint density at radius 1 is 1.35 bits per heavy atom. The maximum Gasteiger partial charge on any atom is 0.364 e. The van der Waals surface area contributed by atoms with Crippen LogP contribution in [0.5, 0.6) is 0 Å². The summed E-state index contributed by atoms with van der Waals surface area (Å²) in [6.45, 7) is 3.62. The van der Waals surface area contributed by atoms with Gasteiger partial charge >= 0.3 is 11.9 Å². The number of carbonyl (C=O) groups excluding carboxylic acids is 2. The van der Waals surface area contributed by atoms with E-state index in [1.54, 1.807) is 0 Å². The molecule has 0 aromatic carbocycles. The SMILES string of the molecule is CCC/C=C/C(OC(C)=O)C(F)(F)C(=O)N1CCCC1. The molecule has 6 heteroatoms. The minimum Gasteiger partial charge on any atom is -0.451 e. The molecule has 4 nitrogen and oxygen atoms in total. The summed E-state index contributed by atoms with van der Waals surface area (Å²) in [5, 5.41) is 0. The number of unbranched alkanes of at least 4 members (excludes halogenated alkanes) is 1. The van der Waals surface area contributed by atoms with E-state index in [0.29, 0.717) is 19.5 Å². The van der Waals surface area contributed by atoms with Crippen LogP contribution in [0.4, 0.5) is 8.78 Å². The van der Waals surface area contributed by atoms with Crippen LogP contribution in [-0.2, 0) is 14.3 Å². The van der Waals surface area contributed by atoms with Crippen molar-refractivity contribution < 1.29 is 23.1 Å². The Balaban J connectivity index is 2.84. The van der Waals surface area contributed by atoms with Crippen molar-refractivity contribution in [3.8, 4) is 0 Å². The van der Waals surface area contributed by atoms with E-state index in [0.717, 1.165) is 37.2 Å². The van der Waals surface area contributed by atoms with Crippen molar-refractivity contribution in [1.82, 2.24) is 4.90 Å². The largest absolute Gasteiger partial charge is 0.451 e. The third-order valence-corrected chi connectivity index (χ3v) is 3.09. The van der Waals surface area contributed by atoms with Gasteiger partial charge < -0.3 is 9.64 Å². The van der Waals surface area contributed by atoms with Gasteiger partial charge in [0.05, 0.1) is 0 Å². The Bertz CT molecular complexity index is 377. The first-order valence-corrected chi connectivity index (χ1v) is 6.90. The monoisotopic (exact) mass is 289 g/mol. The van der Waals surface area contributed by atoms with Crippen molar-refractivity contribution in [1.29, 1.82) is 0 Å². The number of amides is 1. The first-order chi connectivity index (χ1) is 9.39. The zero-order valence-electron chi connectivity index (χ0n) is 11.9. The van der Waals surface area contributed by atoms with Gasteiger partial charge in [-0.05, 0) is 25.3 Å². The van der Waals surface area contributed by atoms with E-state index in [2.05, 4.69) is 4.74 Å². The fraction of sp³-hybridized carbons (Fsp3) is 0.714. The van der Waals surface area contributed by atoms with Crippen molar-refractivity contribution in [3.63, 3.8) is 0 Å². The second-order valence-corrected chi connectivity index (χ2v) is 4.87. The minimum absolute atomic E-state index is 0.333. The molecule has 0 saturated carbocycles. The van der Waals surface area contributed by atoms with E-state index in [4.69, 9.17) is 0 Å². The number of alkyl halides is 2. The van der Waals surface area contributed by atoms with Gasteiger partial charge in [0, 0.05) is 20.0 Å². The fourth-order valence-corrected chi connectivity index (χ4v) is 2.05. The van der Waals surface area contributed by atoms with Gasteiger partial charge in [0.1, 0.15) is 0 Å². The zero-order chi connectivity index (χ0) is 15.2. The number of carbonyl (C=O) groups is 2. The first-order valence-electron chi connectivity index (χ1n) is 6.90. The summed E-state index contributed by atoms with van der Waals surface area (Å²) in [6.07, 6.45) is 3.62. The highest BCUT2D eigenvalue weighted by Crippen LogP contribution is 2.27. The molecular formula is C14H21F2NO3. The van der Waals surface area contributed by atoms with Gasteiger partial charge in [-0.1, -0.05) is 19.4 Å². The summed E-state index contributed by atoms with van der Waals surface area (Å²) in [5.41, 5.74) is 0. The van der Waals surface area contributed by atoms with Crippen molar-refractivity contribution in [2.75, 3.05) is 13.1 Å². The molecule has 1 aliphatic heterocycles. The van der Waals surface area contributed by atoms with Crippen molar-refractivity contribution in [2.45, 2.75) is 51.6 Å². The lowest BCUT2D eigenvalue weighted by molar-refractivity contribution is -0.180. The topological polar surface area (TPSA) is 46.6 Å². The lowest BCUT2D eigenvalue weighted by atomic mass is 10.1. The van der Waals surface area contributed by atoms with Gasteiger partial charge in [-0.15, -0.1) is 0 Å². The molecule has 0 radical (unpaired) electrons. The second-order valence-electron chi connectivity index (χ2n) is 4.87. The first kappa shape index (κ1) is 16.6. The highest BCUT2D eigenvalue weighted by Gasteiger charge is 2.50. The second kappa shape index (κ2) is 7.36. The number of hydrogen-bond acceptors (Lipinski definition) is 3. The summed E-state index contributed by atoms with van der Waals surface area (Å²) >= 11 is 0. The van der Waals surface area contributed by atoms with Gasteiger partial charge in [0.25, 0.3) is 5.91 Å². The smallest absolute Gasteiger partial charge is 0.364 e. The average Bonchev–Trinajstić information content (AvgIpc) is 2.90. The van der Waals surface area contributed by atoms with Crippen molar-refractivity contribution in [2.24, 2.45) is 0 Å². The molecule has 1 saturated heterocycles. The number of rotatable bonds is 6. The zero-order valence-corrected chi connectivity index (χ0v) is 11.9. The van der Waals surface area contributed by atoms with Crippen molar-refractivity contribution >= 4 is 11.9 Å². The molecule has 1 aliphatic rings. The number of esters is 1. The Labute approximate surface area is 117 Å². The van der Waals surface area contributed by atoms with Crippen LogP contribution < -0.4 is 0 Å². The Kier molecular flexibility index (Phi) is 6.10. The molecule has 1 fully saturated rings. The molecule has 1 unspecified atom stereocenters. The Morgan fingerprint density at radius 2 is 1.95 bits per heavy atom. The van der Waals surface area contributed by atoms with Crippen LogP contribution in [0.25, 0.3) is 0 Å². The van der Waals surface area contributed by atoms with Crippen LogP contribution in [0, 0.1) is 0 Å². The normalized spacial score (nSPS) is 17.5. The summed E-state index contributed by atoms with van der Waals surface area (Å²) in [5.74, 6) is -5.81. The lowest BCUT2D eigenvalue weighted by Crippen LogP contribution is -2.50. The van der Waals surface area contributed by atoms with Gasteiger partial charge in [-0.3, -0.25) is 9.59 Å². The number of ether oxygens (including phenoxy) is 1. The van der Waals surface area contributed by atoms with Crippen LogP contribution in [0.15, 0.2) is 12.2 Å². The molecule has 1 amide bonds. The van der Waals surface area contributed by atoms with Crippen LogP contribution in [0.3, 0.4) is 0 Å². The molecule has 1 rings (SSSR count). The van der Waals surface area contributed by atoms with Crippen LogP contribution >= 0.6 is 0 Å². The van der Waals surface area contributed by atoms with Crippen LogP contribution in [-0.4, -0.2) is 41.9 Å². The number of allylic oxidation sites excluding steroid dienone is 1. The highest BCUT2D eigenvalue weighted by molar-refractivity contribution is 5.85. The third-order valence-electron chi connectivity index (χ3n) is 3.09. The average molecular weight is 289 g/mol. The number of halogens is 2. The lowest BCUT2D eigenvalue weighted by Gasteiger charge is -2.27. The molecular weight excluding hydrogens is 268 g/mol. The molecule has 0 aliphatic carbocycles. The summed E-state index contributed by atoms with van der Waals surface area (Å²) in [6, 6.07) is 0. The van der Waals surface area contributed by atoms with E-state index >= 15 is 0 Å². The minimum atomic E-state index is -3.72. The molecule has 1 heterocycles. The van der Waals surface area contributed by atoms with E-state index in [1.165, 1.54) is 6.08 Å². The summed E-state index contributed by atoms with van der Waals surface area (Å²) in [7, 11) is 0. The Morgan fingerprint density at radius 3 is 2.45 bits per heavy atom. The molecule has 0 N–H and O–H groups in total. The summed E-state index contributed by atoms with van der Waals surface area (Å²) in [4.78, 5) is 24.0. The molecule has 20 heavy (non-hydrogen) atoms. The van der Waals surface area contributed by atoms with Gasteiger partial charge in [-0.25, -0.2) is 0 Å². The molecule has 1 atom stereocenters. The number of hydrogen-bond donors (Lipinski definition) is 0. The van der Waals surface area contributed by atoms with Crippen molar-refractivity contribution in [3.05, 3.63) is 12.2 Å². The molecule has 0 bridgehead atoms. The van der Waals surface area contributed by atoms with Gasteiger partial charge in [0.15, 0.2) is 6.10 Å². The van der Waals surface area contributed by atoms with Crippen LogP contribution in [0.2, 0.25) is 0 Å². The van der Waals surface area contributed by atoms with E-state index in [1.807, 2.05) is 6.92 Å². The number of nitrogens with zero attached hydrogens (tertiary/aromatic N) is 1. The van der Waals surface area contributed by atoms with Gasteiger partial charge in [0.2, 0.25) is 0 Å². The summed E-state index contributed by atoms with van der Waals surface area (Å²) < 4.78 is 33.0. The molecule has 114 valence electrons. The van der Waals surface area contributed by atoms with E-state index in [-0.39, 0.29) is 0 Å². The van der Waals surface area contributed by atoms with Crippen LogP contribution in [0.1, 0.15) is 39.5 Å². The fourth-order valence-electron chi connectivity index (χ4n) is 2.05. The predicted octanol–water partition coefficient (Wildman–Crippen LogP) is 2.53. The van der Waals surface area contributed by atoms with Gasteiger partial charge in [-0.2, -0.15) is 8.78 Å². The molecule has 0 aromatic heterocycles. The Hall–Kier alpha value is -1.46.